The van der Waals surface area contributed by atoms with E-state index >= 15 is 0 Å². The Morgan fingerprint density at radius 3 is 2.70 bits per heavy atom. The van der Waals surface area contributed by atoms with Crippen molar-refractivity contribution in [2.24, 2.45) is 0 Å². The Labute approximate surface area is 185 Å². The summed E-state index contributed by atoms with van der Waals surface area (Å²) >= 11 is 0. The van der Waals surface area contributed by atoms with E-state index in [1.54, 1.807) is 11.8 Å². The first-order valence-corrected chi connectivity index (χ1v) is 10.3. The molecular formula is C21H18F4N6O2. The van der Waals surface area contributed by atoms with Crippen molar-refractivity contribution in [1.29, 1.82) is 0 Å². The van der Waals surface area contributed by atoms with Crippen LogP contribution < -0.4 is 5.32 Å². The van der Waals surface area contributed by atoms with Crippen LogP contribution in [0.1, 0.15) is 41.1 Å². The van der Waals surface area contributed by atoms with Crippen molar-refractivity contribution in [1.82, 2.24) is 25.0 Å². The molecule has 3 atom stereocenters. The summed E-state index contributed by atoms with van der Waals surface area (Å²) in [5, 5.41) is 6.78. The summed E-state index contributed by atoms with van der Waals surface area (Å²) in [6.07, 6.45) is -0.804. The van der Waals surface area contributed by atoms with Crippen LogP contribution >= 0.6 is 0 Å². The van der Waals surface area contributed by atoms with Crippen LogP contribution in [0.3, 0.4) is 0 Å². The fourth-order valence-electron chi connectivity index (χ4n) is 4.66. The summed E-state index contributed by atoms with van der Waals surface area (Å²) in [7, 11) is 0. The van der Waals surface area contributed by atoms with E-state index in [1.165, 1.54) is 18.2 Å². The van der Waals surface area contributed by atoms with Gasteiger partial charge in [0.05, 0.1) is 35.6 Å². The molecule has 33 heavy (non-hydrogen) atoms. The number of aryl methyl sites for hydroxylation is 1. The van der Waals surface area contributed by atoms with Crippen molar-refractivity contribution in [2.75, 3.05) is 5.32 Å². The van der Waals surface area contributed by atoms with E-state index in [2.05, 4.69) is 25.4 Å². The molecule has 0 spiro atoms. The topological polar surface area (TPSA) is 97.0 Å². The first-order chi connectivity index (χ1) is 15.7. The van der Waals surface area contributed by atoms with Gasteiger partial charge in [-0.3, -0.25) is 4.79 Å². The van der Waals surface area contributed by atoms with Crippen LogP contribution in [0.4, 0.5) is 23.4 Å². The Bertz CT molecular complexity index is 1200. The molecule has 0 radical (unpaired) electrons. The van der Waals surface area contributed by atoms with Gasteiger partial charge >= 0.3 is 6.18 Å². The number of anilines is 1. The molecule has 2 aliphatic rings. The molecule has 8 nitrogen and oxygen atoms in total. The maximum atomic E-state index is 14.7. The third-order valence-electron chi connectivity index (χ3n) is 6.03. The number of halogens is 4. The molecule has 2 aliphatic heterocycles. The number of nitrogens with one attached hydrogen (secondary N) is 1. The summed E-state index contributed by atoms with van der Waals surface area (Å²) in [6.45, 7) is 1.59. The van der Waals surface area contributed by atoms with Crippen molar-refractivity contribution in [3.63, 3.8) is 0 Å². The molecule has 5 rings (SSSR count). The highest BCUT2D eigenvalue weighted by atomic mass is 19.4. The van der Waals surface area contributed by atoms with E-state index < -0.39 is 17.7 Å². The number of carbonyl (C=O) groups excluding carboxylic acids is 1. The number of amides is 1. The zero-order valence-corrected chi connectivity index (χ0v) is 17.3. The van der Waals surface area contributed by atoms with Gasteiger partial charge in [0.1, 0.15) is 11.6 Å². The average Bonchev–Trinajstić information content (AvgIpc) is 3.47. The Morgan fingerprint density at radius 1 is 1.21 bits per heavy atom. The van der Waals surface area contributed by atoms with Crippen LogP contribution in [0, 0.1) is 12.7 Å². The lowest BCUT2D eigenvalue weighted by atomic mass is 9.95. The van der Waals surface area contributed by atoms with Crippen LogP contribution in [-0.2, 0) is 6.18 Å². The maximum Gasteiger partial charge on any atom is 0.434 e. The molecule has 172 valence electrons. The maximum absolute atomic E-state index is 14.7. The largest absolute Gasteiger partial charge is 0.434 e. The molecule has 1 amide bonds. The highest BCUT2D eigenvalue weighted by Crippen LogP contribution is 2.41. The second-order valence-electron chi connectivity index (χ2n) is 8.09. The zero-order valence-electron chi connectivity index (χ0n) is 17.3. The van der Waals surface area contributed by atoms with E-state index in [0.29, 0.717) is 24.9 Å². The summed E-state index contributed by atoms with van der Waals surface area (Å²) < 4.78 is 58.0. The van der Waals surface area contributed by atoms with Gasteiger partial charge in [0.25, 0.3) is 11.8 Å². The Hall–Kier alpha value is -3.57. The summed E-state index contributed by atoms with van der Waals surface area (Å²) in [5.74, 6) is -0.577. The van der Waals surface area contributed by atoms with Crippen LogP contribution in [0.2, 0.25) is 0 Å². The van der Waals surface area contributed by atoms with Gasteiger partial charge in [-0.15, -0.1) is 0 Å². The Morgan fingerprint density at radius 2 is 2.03 bits per heavy atom. The highest BCUT2D eigenvalue weighted by molar-refractivity contribution is 6.00. The third kappa shape index (κ3) is 3.79. The summed E-state index contributed by atoms with van der Waals surface area (Å²) in [5.41, 5.74) is -1.01. The van der Waals surface area contributed by atoms with Crippen LogP contribution in [0.15, 0.2) is 35.1 Å². The van der Waals surface area contributed by atoms with E-state index in [-0.39, 0.29) is 46.9 Å². The smallest absolute Gasteiger partial charge is 0.364 e. The number of hydrogen-bond donors (Lipinski definition) is 1. The van der Waals surface area contributed by atoms with Crippen LogP contribution in [0.25, 0.3) is 11.5 Å². The first-order valence-electron chi connectivity index (χ1n) is 10.3. The standard InChI is InChI=1S/C21H18F4N6O2/c1-10-28-19(33-30-10)18-12(3-2-4-13(18)22)20(32)31-11-5-6-15(31)14(7-11)29-17-9-26-16(8-27-17)21(23,24)25/h2-4,8-9,11,14-15H,5-7H2,1H3,(H,27,29). The van der Waals surface area contributed by atoms with Crippen molar-refractivity contribution < 1.29 is 26.9 Å². The molecule has 0 aliphatic carbocycles. The van der Waals surface area contributed by atoms with Gasteiger partial charge in [-0.25, -0.2) is 14.4 Å². The minimum Gasteiger partial charge on any atom is -0.364 e. The number of carbonyl (C=O) groups is 1. The molecule has 3 unspecified atom stereocenters. The normalized spacial score (nSPS) is 22.1. The minimum absolute atomic E-state index is 0.0486. The van der Waals surface area contributed by atoms with Gasteiger partial charge in [0, 0.05) is 6.04 Å². The Kier molecular flexibility index (Phi) is 5.02. The SMILES string of the molecule is Cc1noc(-c2c(F)cccc2C(=O)N2C3CCC2C(Nc2cnc(C(F)(F)F)cn2)C3)n1. The van der Waals surface area contributed by atoms with E-state index in [0.717, 1.165) is 12.6 Å². The van der Waals surface area contributed by atoms with Gasteiger partial charge in [0.15, 0.2) is 11.5 Å². The fraction of sp³-hybridized carbons (Fsp3) is 0.381. The molecule has 2 fully saturated rings. The predicted octanol–water partition coefficient (Wildman–Crippen LogP) is 3.85. The molecule has 2 saturated heterocycles. The lowest BCUT2D eigenvalue weighted by Gasteiger charge is -2.26. The van der Waals surface area contributed by atoms with E-state index in [4.69, 9.17) is 4.52 Å². The molecule has 3 aromatic rings. The monoisotopic (exact) mass is 462 g/mol. The zero-order chi connectivity index (χ0) is 23.3. The van der Waals surface area contributed by atoms with E-state index in [1.807, 2.05) is 0 Å². The lowest BCUT2D eigenvalue weighted by molar-refractivity contribution is -0.141. The third-order valence-corrected chi connectivity index (χ3v) is 6.03. The van der Waals surface area contributed by atoms with Crippen LogP contribution in [-0.4, -0.2) is 49.0 Å². The number of nitrogens with zero attached hydrogens (tertiary/aromatic N) is 5. The number of benzene rings is 1. The molecule has 2 aromatic heterocycles. The molecule has 0 saturated carbocycles. The van der Waals surface area contributed by atoms with Crippen molar-refractivity contribution in [2.45, 2.75) is 50.5 Å². The minimum atomic E-state index is -4.57. The number of alkyl halides is 3. The molecule has 12 heteroatoms. The van der Waals surface area contributed by atoms with Crippen molar-refractivity contribution in [3.05, 3.63) is 53.5 Å². The van der Waals surface area contributed by atoms with Gasteiger partial charge in [-0.1, -0.05) is 11.2 Å². The van der Waals surface area contributed by atoms with Crippen molar-refractivity contribution in [3.8, 4) is 11.5 Å². The molecule has 4 heterocycles. The predicted molar refractivity (Wildman–Crippen MR) is 106 cm³/mol. The lowest BCUT2D eigenvalue weighted by Crippen LogP contribution is -2.40. The highest BCUT2D eigenvalue weighted by Gasteiger charge is 2.49. The molecule has 1 N–H and O–H groups in total. The quantitative estimate of drug-likeness (QED) is 0.589. The average molecular weight is 462 g/mol. The van der Waals surface area contributed by atoms with Crippen LogP contribution in [0.5, 0.6) is 0 Å². The molecular weight excluding hydrogens is 444 g/mol. The van der Waals surface area contributed by atoms with Gasteiger partial charge in [-0.05, 0) is 38.3 Å². The number of fused-ring (bicyclic) bond motifs is 2. The van der Waals surface area contributed by atoms with Gasteiger partial charge < -0.3 is 14.7 Å². The van der Waals surface area contributed by atoms with E-state index in [9.17, 15) is 22.4 Å². The van der Waals surface area contributed by atoms with Crippen molar-refractivity contribution >= 4 is 11.7 Å². The van der Waals surface area contributed by atoms with Gasteiger partial charge in [0.2, 0.25) is 0 Å². The summed E-state index contributed by atoms with van der Waals surface area (Å²) in [4.78, 5) is 26.5. The Balaban J connectivity index is 1.39. The number of hydrogen-bond acceptors (Lipinski definition) is 7. The molecule has 1 aromatic carbocycles. The van der Waals surface area contributed by atoms with Gasteiger partial charge in [-0.2, -0.15) is 18.2 Å². The first kappa shape index (κ1) is 21.3. The molecule has 2 bridgehead atoms. The fourth-order valence-corrected chi connectivity index (χ4v) is 4.66. The second-order valence-corrected chi connectivity index (χ2v) is 8.09. The summed E-state index contributed by atoms with van der Waals surface area (Å²) in [6, 6.07) is 3.64. The second kappa shape index (κ2) is 7.78. The number of rotatable bonds is 4. The number of aromatic nitrogens is 4.